The number of nitrogens with two attached hydrogens (primary N) is 1. The van der Waals surface area contributed by atoms with Gasteiger partial charge < -0.3 is 15.5 Å². The molecule has 1 amide bonds. The first kappa shape index (κ1) is 18.2. The highest BCUT2D eigenvalue weighted by molar-refractivity contribution is 5.77. The molecule has 0 bridgehead atoms. The summed E-state index contributed by atoms with van der Waals surface area (Å²) in [5.41, 5.74) is 8.66. The summed E-state index contributed by atoms with van der Waals surface area (Å²) in [7, 11) is 1.94. The zero-order valence-electron chi connectivity index (χ0n) is 15.7. The molecule has 4 nitrogen and oxygen atoms in total. The lowest BCUT2D eigenvalue weighted by Crippen LogP contribution is -2.39. The maximum absolute atomic E-state index is 12.9. The van der Waals surface area contributed by atoms with Crippen LogP contribution in [0.3, 0.4) is 0 Å². The van der Waals surface area contributed by atoms with Crippen LogP contribution in [0.25, 0.3) is 0 Å². The smallest absolute Gasteiger partial charge is 0.223 e. The summed E-state index contributed by atoms with van der Waals surface area (Å²) in [5, 5.41) is 0. The third-order valence-electron chi connectivity index (χ3n) is 6.15. The van der Waals surface area contributed by atoms with Crippen LogP contribution < -0.4 is 10.6 Å². The van der Waals surface area contributed by atoms with Gasteiger partial charge in [-0.25, -0.2) is 0 Å². The van der Waals surface area contributed by atoms with E-state index in [2.05, 4.69) is 29.2 Å². The van der Waals surface area contributed by atoms with Crippen molar-refractivity contribution in [3.05, 3.63) is 29.8 Å². The van der Waals surface area contributed by atoms with Crippen LogP contribution in [0.4, 0.5) is 5.69 Å². The Morgan fingerprint density at radius 1 is 1.12 bits per heavy atom. The molecule has 1 aromatic carbocycles. The van der Waals surface area contributed by atoms with Gasteiger partial charge in [0.1, 0.15) is 0 Å². The lowest BCUT2D eigenvalue weighted by Gasteiger charge is -2.37. The Kier molecular flexibility index (Phi) is 6.00. The first-order valence-corrected chi connectivity index (χ1v) is 9.90. The zero-order chi connectivity index (χ0) is 17.7. The fraction of sp³-hybridized carbons (Fsp3) is 0.667. The number of carbonyl (C=O) groups excluding carboxylic acids is 1. The van der Waals surface area contributed by atoms with Crippen molar-refractivity contribution in [2.45, 2.75) is 57.9 Å². The van der Waals surface area contributed by atoms with Gasteiger partial charge >= 0.3 is 0 Å². The van der Waals surface area contributed by atoms with Gasteiger partial charge in [0, 0.05) is 38.8 Å². The number of hydrogen-bond acceptors (Lipinski definition) is 3. The quantitative estimate of drug-likeness (QED) is 0.859. The van der Waals surface area contributed by atoms with Crippen molar-refractivity contribution in [2.75, 3.05) is 31.6 Å². The minimum Gasteiger partial charge on any atom is -0.371 e. The highest BCUT2D eigenvalue weighted by Crippen LogP contribution is 2.39. The van der Waals surface area contributed by atoms with E-state index in [4.69, 9.17) is 5.73 Å². The molecule has 1 saturated carbocycles. The second-order valence-corrected chi connectivity index (χ2v) is 8.01. The molecule has 4 heteroatoms. The molecule has 3 rings (SSSR count). The second kappa shape index (κ2) is 8.22. The van der Waals surface area contributed by atoms with Crippen LogP contribution in [0.15, 0.2) is 24.3 Å². The van der Waals surface area contributed by atoms with Gasteiger partial charge in [-0.05, 0) is 49.3 Å². The molecule has 1 aliphatic heterocycles. The first-order valence-electron chi connectivity index (χ1n) is 9.90. The number of amides is 1. The van der Waals surface area contributed by atoms with Gasteiger partial charge in [0.25, 0.3) is 0 Å². The molecule has 25 heavy (non-hydrogen) atoms. The molecule has 0 radical (unpaired) electrons. The lowest BCUT2D eigenvalue weighted by atomic mass is 9.71. The minimum absolute atomic E-state index is 0.0397. The van der Waals surface area contributed by atoms with E-state index in [1.807, 2.05) is 11.9 Å². The molecule has 0 spiro atoms. The Labute approximate surface area is 152 Å². The van der Waals surface area contributed by atoms with E-state index in [1.165, 1.54) is 43.4 Å². The molecule has 138 valence electrons. The highest BCUT2D eigenvalue weighted by Gasteiger charge is 2.34. The SMILES string of the molecule is CN(Cc1ccccc1N1CCCC1)C(=O)CC1(CN)CCCCC1. The predicted octanol–water partition coefficient (Wildman–Crippen LogP) is 3.54. The molecule has 0 aromatic heterocycles. The van der Waals surface area contributed by atoms with Crippen molar-refractivity contribution in [2.24, 2.45) is 11.1 Å². The van der Waals surface area contributed by atoms with Crippen molar-refractivity contribution < 1.29 is 4.79 Å². The molecule has 1 heterocycles. The molecule has 1 aromatic rings. The van der Waals surface area contributed by atoms with Crippen LogP contribution in [0.5, 0.6) is 0 Å². The first-order chi connectivity index (χ1) is 12.1. The van der Waals surface area contributed by atoms with Crippen molar-refractivity contribution in [3.8, 4) is 0 Å². The fourth-order valence-electron chi connectivity index (χ4n) is 4.47. The number of carbonyl (C=O) groups is 1. The van der Waals surface area contributed by atoms with Gasteiger partial charge in [-0.3, -0.25) is 4.79 Å². The topological polar surface area (TPSA) is 49.6 Å². The average Bonchev–Trinajstić information content (AvgIpc) is 3.17. The second-order valence-electron chi connectivity index (χ2n) is 8.01. The molecule has 1 aliphatic carbocycles. The monoisotopic (exact) mass is 343 g/mol. The van der Waals surface area contributed by atoms with Gasteiger partial charge in [0.15, 0.2) is 0 Å². The molecular formula is C21H33N3O. The molecular weight excluding hydrogens is 310 g/mol. The number of hydrogen-bond donors (Lipinski definition) is 1. The summed E-state index contributed by atoms with van der Waals surface area (Å²) in [6.07, 6.45) is 9.06. The largest absolute Gasteiger partial charge is 0.371 e. The molecule has 2 N–H and O–H groups in total. The molecule has 2 aliphatic rings. The van der Waals surface area contributed by atoms with Crippen molar-refractivity contribution in [1.29, 1.82) is 0 Å². The molecule has 1 saturated heterocycles. The standard InChI is InChI=1S/C21H33N3O/c1-23(20(25)15-21(17-22)11-5-2-6-12-21)16-18-9-3-4-10-19(18)24-13-7-8-14-24/h3-4,9-10H,2,5-8,11-17,22H2,1H3. The van der Waals surface area contributed by atoms with E-state index in [0.29, 0.717) is 19.5 Å². The number of anilines is 1. The van der Waals surface area contributed by atoms with Gasteiger partial charge in [-0.15, -0.1) is 0 Å². The van der Waals surface area contributed by atoms with E-state index < -0.39 is 0 Å². The Morgan fingerprint density at radius 3 is 2.48 bits per heavy atom. The van der Waals surface area contributed by atoms with Gasteiger partial charge in [0.2, 0.25) is 5.91 Å². The molecule has 0 unspecified atom stereocenters. The summed E-state index contributed by atoms with van der Waals surface area (Å²) in [6.45, 7) is 3.58. The summed E-state index contributed by atoms with van der Waals surface area (Å²) >= 11 is 0. The maximum atomic E-state index is 12.9. The Balaban J connectivity index is 1.65. The average molecular weight is 344 g/mol. The fourth-order valence-corrected chi connectivity index (χ4v) is 4.47. The van der Waals surface area contributed by atoms with E-state index in [-0.39, 0.29) is 11.3 Å². The maximum Gasteiger partial charge on any atom is 0.223 e. The third kappa shape index (κ3) is 4.35. The normalized spacial score (nSPS) is 19.8. The van der Waals surface area contributed by atoms with Crippen LogP contribution in [0.1, 0.15) is 56.9 Å². The van der Waals surface area contributed by atoms with E-state index in [1.54, 1.807) is 0 Å². The minimum atomic E-state index is 0.0397. The van der Waals surface area contributed by atoms with Crippen LogP contribution in [0.2, 0.25) is 0 Å². The van der Waals surface area contributed by atoms with E-state index in [9.17, 15) is 4.79 Å². The van der Waals surface area contributed by atoms with E-state index >= 15 is 0 Å². The number of benzene rings is 1. The summed E-state index contributed by atoms with van der Waals surface area (Å²) in [6, 6.07) is 8.54. The van der Waals surface area contributed by atoms with Crippen LogP contribution >= 0.6 is 0 Å². The summed E-state index contributed by atoms with van der Waals surface area (Å²) in [4.78, 5) is 17.2. The van der Waals surface area contributed by atoms with Gasteiger partial charge in [-0.1, -0.05) is 37.5 Å². The Bertz CT molecular complexity index is 574. The van der Waals surface area contributed by atoms with Crippen molar-refractivity contribution >= 4 is 11.6 Å². The lowest BCUT2D eigenvalue weighted by molar-refractivity contribution is -0.133. The zero-order valence-corrected chi connectivity index (χ0v) is 15.7. The van der Waals surface area contributed by atoms with Crippen LogP contribution in [-0.2, 0) is 11.3 Å². The van der Waals surface area contributed by atoms with Crippen LogP contribution in [-0.4, -0.2) is 37.5 Å². The van der Waals surface area contributed by atoms with Crippen molar-refractivity contribution in [3.63, 3.8) is 0 Å². The highest BCUT2D eigenvalue weighted by atomic mass is 16.2. The summed E-state index contributed by atoms with van der Waals surface area (Å²) < 4.78 is 0. The van der Waals surface area contributed by atoms with Gasteiger partial charge in [0.05, 0.1) is 0 Å². The van der Waals surface area contributed by atoms with Gasteiger partial charge in [-0.2, -0.15) is 0 Å². The van der Waals surface area contributed by atoms with Crippen LogP contribution in [0, 0.1) is 5.41 Å². The summed E-state index contributed by atoms with van der Waals surface area (Å²) in [5.74, 6) is 0.239. The Hall–Kier alpha value is -1.55. The number of para-hydroxylation sites is 1. The molecule has 2 fully saturated rings. The molecule has 0 atom stereocenters. The predicted molar refractivity (Wildman–Crippen MR) is 104 cm³/mol. The van der Waals surface area contributed by atoms with E-state index in [0.717, 1.165) is 25.9 Å². The Morgan fingerprint density at radius 2 is 1.80 bits per heavy atom. The third-order valence-corrected chi connectivity index (χ3v) is 6.15. The number of nitrogens with zero attached hydrogens (tertiary/aromatic N) is 2. The number of rotatable bonds is 6. The van der Waals surface area contributed by atoms with Crippen molar-refractivity contribution in [1.82, 2.24) is 4.90 Å².